The Kier molecular flexibility index (Phi) is 4.66. The average Bonchev–Trinajstić information content (AvgIpc) is 2.98. The van der Waals surface area contributed by atoms with Gasteiger partial charge in [0.15, 0.2) is 0 Å². The quantitative estimate of drug-likeness (QED) is 0.788. The minimum absolute atomic E-state index is 0.0572. The number of hydrogen-bond donors (Lipinski definition) is 3. The van der Waals surface area contributed by atoms with E-state index in [2.05, 4.69) is 15.3 Å². The van der Waals surface area contributed by atoms with Crippen molar-refractivity contribution in [1.82, 2.24) is 15.3 Å². The van der Waals surface area contributed by atoms with Gasteiger partial charge >= 0.3 is 0 Å². The normalized spacial score (nSPS) is 14.2. The zero-order valence-corrected chi connectivity index (χ0v) is 14.6. The first-order chi connectivity index (χ1) is 11.0. The molecule has 2 aromatic rings. The molecule has 0 aromatic carbocycles. The van der Waals surface area contributed by atoms with E-state index in [1.165, 1.54) is 13.2 Å². The third-order valence-corrected chi connectivity index (χ3v) is 3.68. The minimum Gasteiger partial charge on any atom is -0.466 e. The predicted octanol–water partition coefficient (Wildman–Crippen LogP) is 1.61. The molecule has 0 aliphatic carbocycles. The molecule has 0 radical (unpaired) electrons. The number of furan rings is 1. The van der Waals surface area contributed by atoms with Crippen molar-refractivity contribution in [1.29, 1.82) is 0 Å². The van der Waals surface area contributed by atoms with Gasteiger partial charge in [0.2, 0.25) is 0 Å². The summed E-state index contributed by atoms with van der Waals surface area (Å²) >= 11 is 0. The molecule has 0 aliphatic heterocycles. The summed E-state index contributed by atoms with van der Waals surface area (Å²) in [6, 6.07) is 3.26. The molecule has 1 amide bonds. The van der Waals surface area contributed by atoms with Crippen LogP contribution in [0.2, 0.25) is 0 Å². The number of amides is 1. The molecule has 2 rings (SSSR count). The summed E-state index contributed by atoms with van der Waals surface area (Å²) in [4.78, 5) is 31.6. The molecule has 0 unspecified atom stereocenters. The van der Waals surface area contributed by atoms with E-state index in [0.29, 0.717) is 17.3 Å². The third-order valence-electron chi connectivity index (χ3n) is 3.68. The number of nitrogens with one attached hydrogen (secondary N) is 2. The zero-order chi connectivity index (χ0) is 18.1. The third kappa shape index (κ3) is 3.73. The number of carbonyl (C=O) groups is 1. The zero-order valence-electron chi connectivity index (χ0n) is 14.6. The van der Waals surface area contributed by atoms with Crippen molar-refractivity contribution in [2.75, 3.05) is 6.54 Å². The van der Waals surface area contributed by atoms with Crippen LogP contribution in [0.1, 0.15) is 55.3 Å². The van der Waals surface area contributed by atoms with Crippen LogP contribution in [0, 0.1) is 6.92 Å². The highest BCUT2D eigenvalue weighted by Gasteiger charge is 2.28. The van der Waals surface area contributed by atoms with Gasteiger partial charge < -0.3 is 19.8 Å². The van der Waals surface area contributed by atoms with E-state index in [0.717, 1.165) is 0 Å². The molecule has 7 heteroatoms. The average molecular weight is 333 g/mol. The fourth-order valence-corrected chi connectivity index (χ4v) is 2.22. The number of rotatable bonds is 4. The van der Waals surface area contributed by atoms with Crippen LogP contribution in [0.25, 0.3) is 0 Å². The maximum absolute atomic E-state index is 12.4. The number of carbonyl (C=O) groups excluding carboxylic acids is 1. The van der Waals surface area contributed by atoms with E-state index in [9.17, 15) is 14.7 Å². The van der Waals surface area contributed by atoms with Gasteiger partial charge in [-0.3, -0.25) is 9.59 Å². The first-order valence-corrected chi connectivity index (χ1v) is 7.68. The number of H-pyrrole nitrogens is 1. The van der Waals surface area contributed by atoms with Crippen LogP contribution in [-0.2, 0) is 11.0 Å². The Morgan fingerprint density at radius 2 is 2.04 bits per heavy atom. The molecular formula is C17H23N3O4. The largest absolute Gasteiger partial charge is 0.466 e. The molecule has 0 fully saturated rings. The molecule has 130 valence electrons. The van der Waals surface area contributed by atoms with Crippen LogP contribution >= 0.6 is 0 Å². The fourth-order valence-electron chi connectivity index (χ4n) is 2.22. The maximum Gasteiger partial charge on any atom is 0.264 e. The maximum atomic E-state index is 12.4. The van der Waals surface area contributed by atoms with Gasteiger partial charge in [-0.2, -0.15) is 0 Å². The molecular weight excluding hydrogens is 310 g/mol. The highest BCUT2D eigenvalue weighted by Crippen LogP contribution is 2.20. The number of aromatic nitrogens is 2. The van der Waals surface area contributed by atoms with E-state index in [1.54, 1.807) is 19.1 Å². The van der Waals surface area contributed by atoms with Gasteiger partial charge in [0.1, 0.15) is 22.7 Å². The SMILES string of the molecule is Cc1nc(C(C)(C)C)[nH]c(=O)c1C(=O)NC[C@@](C)(O)c1ccco1. The number of aryl methyl sites for hydroxylation is 1. The summed E-state index contributed by atoms with van der Waals surface area (Å²) < 4.78 is 5.16. The first-order valence-electron chi connectivity index (χ1n) is 7.68. The Morgan fingerprint density at radius 3 is 2.54 bits per heavy atom. The van der Waals surface area contributed by atoms with Crippen molar-refractivity contribution in [3.63, 3.8) is 0 Å². The summed E-state index contributed by atoms with van der Waals surface area (Å²) in [6.45, 7) is 8.80. The summed E-state index contributed by atoms with van der Waals surface area (Å²) in [7, 11) is 0. The summed E-state index contributed by atoms with van der Waals surface area (Å²) in [5, 5.41) is 12.9. The molecule has 2 heterocycles. The van der Waals surface area contributed by atoms with Crippen LogP contribution in [-0.4, -0.2) is 27.5 Å². The molecule has 0 spiro atoms. The second kappa shape index (κ2) is 6.24. The van der Waals surface area contributed by atoms with Gasteiger partial charge in [-0.1, -0.05) is 20.8 Å². The van der Waals surface area contributed by atoms with E-state index >= 15 is 0 Å². The van der Waals surface area contributed by atoms with Crippen molar-refractivity contribution in [3.8, 4) is 0 Å². The lowest BCUT2D eigenvalue weighted by Gasteiger charge is -2.21. The van der Waals surface area contributed by atoms with Crippen LogP contribution in [0.4, 0.5) is 0 Å². The van der Waals surface area contributed by atoms with Crippen LogP contribution in [0.15, 0.2) is 27.6 Å². The summed E-state index contributed by atoms with van der Waals surface area (Å²) in [5.74, 6) is 0.257. The highest BCUT2D eigenvalue weighted by molar-refractivity contribution is 5.94. The van der Waals surface area contributed by atoms with E-state index in [4.69, 9.17) is 4.42 Å². The van der Waals surface area contributed by atoms with Gasteiger partial charge in [-0.05, 0) is 26.0 Å². The van der Waals surface area contributed by atoms with Crippen molar-refractivity contribution in [3.05, 3.63) is 51.6 Å². The van der Waals surface area contributed by atoms with E-state index < -0.39 is 17.1 Å². The molecule has 24 heavy (non-hydrogen) atoms. The predicted molar refractivity (Wildman–Crippen MR) is 88.9 cm³/mol. The number of hydrogen-bond acceptors (Lipinski definition) is 5. The van der Waals surface area contributed by atoms with Gasteiger partial charge in [0.05, 0.1) is 18.5 Å². The lowest BCUT2D eigenvalue weighted by molar-refractivity contribution is 0.0330. The number of aliphatic hydroxyl groups is 1. The van der Waals surface area contributed by atoms with Crippen molar-refractivity contribution >= 4 is 5.91 Å². The van der Waals surface area contributed by atoms with Gasteiger partial charge in [0, 0.05) is 5.41 Å². The molecule has 1 atom stereocenters. The molecule has 0 saturated heterocycles. The van der Waals surface area contributed by atoms with E-state index in [-0.39, 0.29) is 17.5 Å². The van der Waals surface area contributed by atoms with Crippen molar-refractivity contribution in [2.45, 2.75) is 45.6 Å². The molecule has 7 nitrogen and oxygen atoms in total. The van der Waals surface area contributed by atoms with E-state index in [1.807, 2.05) is 20.8 Å². The lowest BCUT2D eigenvalue weighted by atomic mass is 9.95. The van der Waals surface area contributed by atoms with Crippen molar-refractivity contribution < 1.29 is 14.3 Å². The Morgan fingerprint density at radius 1 is 1.38 bits per heavy atom. The molecule has 0 bridgehead atoms. The first kappa shape index (κ1) is 17.9. The Balaban J connectivity index is 2.20. The molecule has 3 N–H and O–H groups in total. The lowest BCUT2D eigenvalue weighted by Crippen LogP contribution is -2.41. The number of aromatic amines is 1. The van der Waals surface area contributed by atoms with Crippen molar-refractivity contribution in [2.24, 2.45) is 0 Å². The van der Waals surface area contributed by atoms with Gasteiger partial charge in [-0.15, -0.1) is 0 Å². The minimum atomic E-state index is -1.38. The smallest absolute Gasteiger partial charge is 0.264 e. The topological polar surface area (TPSA) is 108 Å². The Labute approximate surface area is 140 Å². The van der Waals surface area contributed by atoms with Gasteiger partial charge in [-0.25, -0.2) is 4.98 Å². The standard InChI is InChI=1S/C17H23N3O4/c1-10-12(14(22)20-15(19-10)16(2,3)4)13(21)18-9-17(5,23)11-7-6-8-24-11/h6-8,23H,9H2,1-5H3,(H,18,21)(H,19,20,22)/t17-/m1/s1. The molecule has 0 aliphatic rings. The highest BCUT2D eigenvalue weighted by atomic mass is 16.4. The Bertz CT molecular complexity index is 783. The van der Waals surface area contributed by atoms with Gasteiger partial charge in [0.25, 0.3) is 11.5 Å². The Hall–Kier alpha value is -2.41. The fraction of sp³-hybridized carbons (Fsp3) is 0.471. The number of nitrogens with zero attached hydrogens (tertiary/aromatic N) is 1. The van der Waals surface area contributed by atoms with Crippen LogP contribution in [0.5, 0.6) is 0 Å². The van der Waals surface area contributed by atoms with Crippen LogP contribution in [0.3, 0.4) is 0 Å². The molecule has 0 saturated carbocycles. The second-order valence-electron chi connectivity index (χ2n) is 7.06. The second-order valence-corrected chi connectivity index (χ2v) is 7.06. The summed E-state index contributed by atoms with van der Waals surface area (Å²) in [6.07, 6.45) is 1.44. The monoisotopic (exact) mass is 333 g/mol. The molecule has 2 aromatic heterocycles. The van der Waals surface area contributed by atoms with Crippen LogP contribution < -0.4 is 10.9 Å². The summed E-state index contributed by atoms with van der Waals surface area (Å²) in [5.41, 5.74) is -1.92.